The maximum atomic E-state index is 8.62. The zero-order valence-corrected chi connectivity index (χ0v) is 10.6. The number of nitrogens with two attached hydrogens (primary N) is 1. The molecule has 0 aliphatic heterocycles. The largest absolute Gasteiger partial charge is 0.409 e. The molecule has 1 saturated carbocycles. The van der Waals surface area contributed by atoms with Crippen LogP contribution in [0, 0.1) is 5.41 Å². The minimum atomic E-state index is 0.192. The lowest BCUT2D eigenvalue weighted by molar-refractivity contribution is 0.313. The van der Waals surface area contributed by atoms with E-state index in [0.29, 0.717) is 12.3 Å². The maximum absolute atomic E-state index is 8.62. The average molecular weight is 248 g/mol. The molecule has 4 N–H and O–H groups in total. The van der Waals surface area contributed by atoms with E-state index in [9.17, 15) is 0 Å². The van der Waals surface area contributed by atoms with Crippen LogP contribution < -0.4 is 11.1 Å². The second kappa shape index (κ2) is 5.35. The fourth-order valence-electron chi connectivity index (χ4n) is 2.15. The van der Waals surface area contributed by atoms with Crippen molar-refractivity contribution in [2.24, 2.45) is 16.3 Å². The molecule has 1 atom stereocenters. The first-order chi connectivity index (χ1) is 8.65. The lowest BCUT2D eigenvalue weighted by Gasteiger charge is -2.19. The number of nitrogens with one attached hydrogen (secondary N) is 1. The van der Waals surface area contributed by atoms with E-state index in [2.05, 4.69) is 22.4 Å². The van der Waals surface area contributed by atoms with Crippen LogP contribution in [0.4, 0.5) is 0 Å². The molecule has 1 heterocycles. The fraction of sp³-hybridized carbons (Fsp3) is 0.538. The topological polar surface area (TPSA) is 83.5 Å². The minimum absolute atomic E-state index is 0.192. The van der Waals surface area contributed by atoms with Gasteiger partial charge in [0.1, 0.15) is 5.84 Å². The quantitative estimate of drug-likeness (QED) is 0.309. The maximum Gasteiger partial charge on any atom is 0.139 e. The van der Waals surface area contributed by atoms with Crippen molar-refractivity contribution in [3.63, 3.8) is 0 Å². The molecule has 2 rings (SSSR count). The predicted molar refractivity (Wildman–Crippen MR) is 70.3 cm³/mol. The highest BCUT2D eigenvalue weighted by Crippen LogP contribution is 2.48. The number of amidine groups is 1. The molecule has 98 valence electrons. The van der Waals surface area contributed by atoms with Gasteiger partial charge in [-0.3, -0.25) is 4.98 Å². The third kappa shape index (κ3) is 3.20. The molecule has 1 fully saturated rings. The van der Waals surface area contributed by atoms with Crippen molar-refractivity contribution in [1.82, 2.24) is 10.3 Å². The first kappa shape index (κ1) is 12.8. The SMILES string of the molecule is CC(NCC1(CC(N)=NO)CC1)c1ccncc1. The third-order valence-electron chi connectivity index (χ3n) is 3.63. The summed E-state index contributed by atoms with van der Waals surface area (Å²) in [7, 11) is 0. The Bertz CT molecular complexity index is 414. The number of hydrogen-bond donors (Lipinski definition) is 3. The van der Waals surface area contributed by atoms with Crippen molar-refractivity contribution in [1.29, 1.82) is 0 Å². The van der Waals surface area contributed by atoms with Crippen molar-refractivity contribution >= 4 is 5.84 Å². The van der Waals surface area contributed by atoms with Crippen LogP contribution in [0.15, 0.2) is 29.7 Å². The van der Waals surface area contributed by atoms with Gasteiger partial charge in [-0.1, -0.05) is 5.16 Å². The Morgan fingerprint density at radius 2 is 2.22 bits per heavy atom. The van der Waals surface area contributed by atoms with Gasteiger partial charge in [-0.25, -0.2) is 0 Å². The predicted octanol–water partition coefficient (Wildman–Crippen LogP) is 1.65. The monoisotopic (exact) mass is 248 g/mol. The zero-order chi connectivity index (χ0) is 13.0. The van der Waals surface area contributed by atoms with Crippen molar-refractivity contribution < 1.29 is 5.21 Å². The number of rotatable bonds is 6. The standard InChI is InChI=1S/C13H20N4O/c1-10(11-2-6-15-7-3-11)16-9-13(4-5-13)8-12(14)17-18/h2-3,6-7,10,16,18H,4-5,8-9H2,1H3,(H2,14,17). The van der Waals surface area contributed by atoms with Crippen LogP contribution in [0.3, 0.4) is 0 Å². The van der Waals surface area contributed by atoms with Gasteiger partial charge in [0.05, 0.1) is 0 Å². The molecule has 0 bridgehead atoms. The summed E-state index contributed by atoms with van der Waals surface area (Å²) in [5.74, 6) is 0.325. The number of pyridine rings is 1. The van der Waals surface area contributed by atoms with Gasteiger partial charge >= 0.3 is 0 Å². The van der Waals surface area contributed by atoms with Crippen molar-refractivity contribution in [3.8, 4) is 0 Å². The van der Waals surface area contributed by atoms with Crippen LogP contribution in [0.2, 0.25) is 0 Å². The highest BCUT2D eigenvalue weighted by molar-refractivity contribution is 5.80. The Labute approximate surface area is 107 Å². The molecule has 1 aliphatic rings. The van der Waals surface area contributed by atoms with E-state index in [0.717, 1.165) is 19.4 Å². The fourth-order valence-corrected chi connectivity index (χ4v) is 2.15. The van der Waals surface area contributed by atoms with Crippen LogP contribution in [-0.4, -0.2) is 22.6 Å². The molecule has 1 unspecified atom stereocenters. The molecule has 18 heavy (non-hydrogen) atoms. The number of hydrogen-bond acceptors (Lipinski definition) is 4. The molecule has 0 saturated heterocycles. The van der Waals surface area contributed by atoms with Crippen LogP contribution >= 0.6 is 0 Å². The van der Waals surface area contributed by atoms with Crippen LogP contribution in [0.5, 0.6) is 0 Å². The van der Waals surface area contributed by atoms with Crippen molar-refractivity contribution in [2.45, 2.75) is 32.2 Å². The molecule has 0 spiro atoms. The van der Waals surface area contributed by atoms with E-state index in [4.69, 9.17) is 10.9 Å². The molecule has 1 aromatic heterocycles. The second-order valence-corrected chi connectivity index (χ2v) is 5.15. The Hall–Kier alpha value is -1.62. The molecule has 1 aliphatic carbocycles. The molecule has 1 aromatic rings. The van der Waals surface area contributed by atoms with Gasteiger partial charge in [0.15, 0.2) is 0 Å². The summed E-state index contributed by atoms with van der Waals surface area (Å²) in [6, 6.07) is 4.32. The first-order valence-electron chi connectivity index (χ1n) is 6.25. The summed E-state index contributed by atoms with van der Waals surface area (Å²) < 4.78 is 0. The Morgan fingerprint density at radius 1 is 1.56 bits per heavy atom. The number of oxime groups is 1. The smallest absolute Gasteiger partial charge is 0.139 e. The molecular weight excluding hydrogens is 228 g/mol. The average Bonchev–Trinajstić information content (AvgIpc) is 3.17. The molecule has 5 nitrogen and oxygen atoms in total. The zero-order valence-electron chi connectivity index (χ0n) is 10.6. The van der Waals surface area contributed by atoms with Gasteiger partial charge in [0.25, 0.3) is 0 Å². The minimum Gasteiger partial charge on any atom is -0.409 e. The third-order valence-corrected chi connectivity index (χ3v) is 3.63. The summed E-state index contributed by atoms with van der Waals surface area (Å²) in [5, 5.41) is 15.2. The lowest BCUT2D eigenvalue weighted by atomic mass is 10.0. The second-order valence-electron chi connectivity index (χ2n) is 5.15. The lowest BCUT2D eigenvalue weighted by Crippen LogP contribution is -2.30. The summed E-state index contributed by atoms with van der Waals surface area (Å²) in [6.45, 7) is 3.03. The van der Waals surface area contributed by atoms with Gasteiger partial charge in [0.2, 0.25) is 0 Å². The van der Waals surface area contributed by atoms with Gasteiger partial charge in [-0.15, -0.1) is 0 Å². The van der Waals surface area contributed by atoms with Gasteiger partial charge in [-0.2, -0.15) is 0 Å². The van der Waals surface area contributed by atoms with Crippen LogP contribution in [0.25, 0.3) is 0 Å². The molecular formula is C13H20N4O. The van der Waals surface area contributed by atoms with E-state index in [-0.39, 0.29) is 11.5 Å². The molecule has 0 radical (unpaired) electrons. The summed E-state index contributed by atoms with van der Waals surface area (Å²) >= 11 is 0. The first-order valence-corrected chi connectivity index (χ1v) is 6.25. The van der Waals surface area contributed by atoms with Gasteiger partial charge < -0.3 is 16.3 Å². The van der Waals surface area contributed by atoms with E-state index in [1.165, 1.54) is 5.56 Å². The van der Waals surface area contributed by atoms with E-state index in [1.807, 2.05) is 12.1 Å². The Morgan fingerprint density at radius 3 is 2.78 bits per heavy atom. The Balaban J connectivity index is 1.85. The highest BCUT2D eigenvalue weighted by atomic mass is 16.4. The summed E-state index contributed by atoms with van der Waals surface area (Å²) in [5.41, 5.74) is 7.00. The summed E-state index contributed by atoms with van der Waals surface area (Å²) in [6.07, 6.45) is 6.55. The molecule has 0 amide bonds. The van der Waals surface area contributed by atoms with E-state index >= 15 is 0 Å². The van der Waals surface area contributed by atoms with E-state index < -0.39 is 0 Å². The van der Waals surface area contributed by atoms with Crippen molar-refractivity contribution in [3.05, 3.63) is 30.1 Å². The van der Waals surface area contributed by atoms with Gasteiger partial charge in [-0.05, 0) is 42.9 Å². The number of aromatic nitrogens is 1. The van der Waals surface area contributed by atoms with E-state index in [1.54, 1.807) is 12.4 Å². The van der Waals surface area contributed by atoms with Gasteiger partial charge in [0, 0.05) is 31.4 Å². The number of nitrogens with zero attached hydrogens (tertiary/aromatic N) is 2. The van der Waals surface area contributed by atoms with Crippen LogP contribution in [-0.2, 0) is 0 Å². The normalized spacial score (nSPS) is 19.5. The Kier molecular flexibility index (Phi) is 3.81. The van der Waals surface area contributed by atoms with Crippen LogP contribution in [0.1, 0.15) is 37.8 Å². The highest BCUT2D eigenvalue weighted by Gasteiger charge is 2.43. The molecule has 5 heteroatoms. The molecule has 0 aromatic carbocycles. The van der Waals surface area contributed by atoms with Crippen molar-refractivity contribution in [2.75, 3.05) is 6.54 Å². The summed E-state index contributed by atoms with van der Waals surface area (Å²) in [4.78, 5) is 4.01.